The Morgan fingerprint density at radius 3 is 2.12 bits per heavy atom. The van der Waals surface area contributed by atoms with Gasteiger partial charge in [-0.05, 0) is 31.2 Å². The molecule has 0 radical (unpaired) electrons. The molecule has 1 saturated heterocycles. The molecule has 1 aliphatic heterocycles. The molecular formula is C16H17N3O5. The summed E-state index contributed by atoms with van der Waals surface area (Å²) >= 11 is 0. The first-order valence-electron chi connectivity index (χ1n) is 7.20. The molecule has 1 aromatic carbocycles. The normalized spacial score (nSPS) is 14.8. The zero-order chi connectivity index (χ0) is 17.9. The molecule has 0 saturated carbocycles. The molecule has 8 heteroatoms. The average Bonchev–Trinajstić information content (AvgIpc) is 2.59. The van der Waals surface area contributed by atoms with Crippen molar-refractivity contribution in [2.75, 3.05) is 26.0 Å². The first-order chi connectivity index (χ1) is 11.4. The molecule has 0 aliphatic carbocycles. The van der Waals surface area contributed by atoms with E-state index in [-0.39, 0.29) is 12.2 Å². The van der Waals surface area contributed by atoms with Gasteiger partial charge >= 0.3 is 12.0 Å². The second kappa shape index (κ2) is 6.95. The maximum atomic E-state index is 12.0. The third-order valence-electron chi connectivity index (χ3n) is 3.42. The fourth-order valence-corrected chi connectivity index (χ4v) is 2.05. The van der Waals surface area contributed by atoms with E-state index in [9.17, 15) is 19.2 Å². The molecule has 8 nitrogen and oxygen atoms in total. The summed E-state index contributed by atoms with van der Waals surface area (Å²) in [6.07, 6.45) is 1.24. The molecule has 126 valence electrons. The van der Waals surface area contributed by atoms with Gasteiger partial charge in [-0.15, -0.1) is 0 Å². The number of imide groups is 2. The number of anilines is 1. The molecule has 1 aliphatic rings. The van der Waals surface area contributed by atoms with Gasteiger partial charge in [0.05, 0.1) is 12.2 Å². The van der Waals surface area contributed by atoms with E-state index in [0.29, 0.717) is 11.3 Å². The van der Waals surface area contributed by atoms with Crippen molar-refractivity contribution in [3.63, 3.8) is 0 Å². The van der Waals surface area contributed by atoms with Gasteiger partial charge < -0.3 is 10.1 Å². The molecule has 0 bridgehead atoms. The van der Waals surface area contributed by atoms with Crippen molar-refractivity contribution in [1.82, 2.24) is 9.80 Å². The Balaban J connectivity index is 2.15. The van der Waals surface area contributed by atoms with Crippen LogP contribution in [0.15, 0.2) is 36.0 Å². The molecule has 4 amide bonds. The number of likely N-dealkylation sites (N-methyl/N-ethyl adjacent to an activating group) is 2. The number of carbonyl (C=O) groups excluding carboxylic acids is 4. The van der Waals surface area contributed by atoms with E-state index in [1.54, 1.807) is 31.2 Å². The van der Waals surface area contributed by atoms with Crippen LogP contribution in [-0.2, 0) is 14.3 Å². The number of barbiturate groups is 1. The molecule has 1 heterocycles. The lowest BCUT2D eigenvalue weighted by Crippen LogP contribution is -2.53. The number of amides is 4. The number of esters is 1. The first-order valence-corrected chi connectivity index (χ1v) is 7.20. The maximum Gasteiger partial charge on any atom is 0.338 e. The van der Waals surface area contributed by atoms with E-state index in [1.807, 2.05) is 0 Å². The minimum atomic E-state index is -0.682. The summed E-state index contributed by atoms with van der Waals surface area (Å²) in [5.41, 5.74) is 0.803. The van der Waals surface area contributed by atoms with Crippen molar-refractivity contribution < 1.29 is 23.9 Å². The van der Waals surface area contributed by atoms with Crippen molar-refractivity contribution >= 4 is 29.5 Å². The summed E-state index contributed by atoms with van der Waals surface area (Å²) in [6, 6.07) is 5.66. The van der Waals surface area contributed by atoms with Crippen LogP contribution in [0.4, 0.5) is 10.5 Å². The van der Waals surface area contributed by atoms with Gasteiger partial charge in [0.2, 0.25) is 0 Å². The zero-order valence-corrected chi connectivity index (χ0v) is 13.5. The highest BCUT2D eigenvalue weighted by atomic mass is 16.5. The number of hydrogen-bond donors (Lipinski definition) is 1. The minimum absolute atomic E-state index is 0.158. The highest BCUT2D eigenvalue weighted by Gasteiger charge is 2.37. The second-order valence-electron chi connectivity index (χ2n) is 5.01. The number of nitrogens with one attached hydrogen (secondary N) is 1. The summed E-state index contributed by atoms with van der Waals surface area (Å²) < 4.78 is 4.88. The number of carbonyl (C=O) groups is 4. The molecule has 0 aromatic heterocycles. The number of rotatable bonds is 4. The van der Waals surface area contributed by atoms with Crippen LogP contribution in [0.5, 0.6) is 0 Å². The van der Waals surface area contributed by atoms with Crippen LogP contribution in [0.3, 0.4) is 0 Å². The van der Waals surface area contributed by atoms with E-state index in [4.69, 9.17) is 4.74 Å². The van der Waals surface area contributed by atoms with Crippen LogP contribution in [0.25, 0.3) is 0 Å². The van der Waals surface area contributed by atoms with E-state index >= 15 is 0 Å². The van der Waals surface area contributed by atoms with Gasteiger partial charge in [-0.1, -0.05) is 0 Å². The second-order valence-corrected chi connectivity index (χ2v) is 5.01. The molecule has 2 rings (SSSR count). The Hall–Kier alpha value is -3.16. The monoisotopic (exact) mass is 331 g/mol. The Labute approximate surface area is 138 Å². The summed E-state index contributed by atoms with van der Waals surface area (Å²) in [6.45, 7) is 2.01. The van der Waals surface area contributed by atoms with Gasteiger partial charge in [0, 0.05) is 26.0 Å². The molecule has 1 fully saturated rings. The van der Waals surface area contributed by atoms with Gasteiger partial charge in [0.1, 0.15) is 5.57 Å². The van der Waals surface area contributed by atoms with Crippen molar-refractivity contribution in [3.8, 4) is 0 Å². The van der Waals surface area contributed by atoms with E-state index < -0.39 is 23.8 Å². The van der Waals surface area contributed by atoms with Gasteiger partial charge in [-0.2, -0.15) is 0 Å². The fourth-order valence-electron chi connectivity index (χ4n) is 2.05. The number of hydrogen-bond acceptors (Lipinski definition) is 6. The molecule has 1 aromatic rings. The highest BCUT2D eigenvalue weighted by Crippen LogP contribution is 2.16. The lowest BCUT2D eigenvalue weighted by molar-refractivity contribution is -0.134. The van der Waals surface area contributed by atoms with Crippen molar-refractivity contribution in [2.24, 2.45) is 0 Å². The number of ether oxygens (including phenoxy) is 1. The van der Waals surface area contributed by atoms with Crippen LogP contribution in [0, 0.1) is 0 Å². The van der Waals surface area contributed by atoms with Crippen LogP contribution >= 0.6 is 0 Å². The Morgan fingerprint density at radius 1 is 1.08 bits per heavy atom. The molecule has 24 heavy (non-hydrogen) atoms. The van der Waals surface area contributed by atoms with Crippen molar-refractivity contribution in [3.05, 3.63) is 41.6 Å². The fraction of sp³-hybridized carbons (Fsp3) is 0.250. The highest BCUT2D eigenvalue weighted by molar-refractivity contribution is 6.28. The number of urea groups is 1. The SMILES string of the molecule is CCOC(=O)c1ccc(NC=C2C(=O)N(C)C(=O)N(C)C2=O)cc1. The van der Waals surface area contributed by atoms with Gasteiger partial charge in [-0.25, -0.2) is 9.59 Å². The van der Waals surface area contributed by atoms with Crippen LogP contribution in [0.1, 0.15) is 17.3 Å². The van der Waals surface area contributed by atoms with Gasteiger partial charge in [0.25, 0.3) is 11.8 Å². The standard InChI is InChI=1S/C16H17N3O5/c1-4-24-15(22)10-5-7-11(8-6-10)17-9-12-13(20)18(2)16(23)19(3)14(12)21/h5-9,17H,4H2,1-3H3. The predicted octanol–water partition coefficient (Wildman–Crippen LogP) is 1.21. The van der Waals surface area contributed by atoms with E-state index in [2.05, 4.69) is 5.32 Å². The summed E-state index contributed by atoms with van der Waals surface area (Å²) in [5, 5.41) is 2.81. The van der Waals surface area contributed by atoms with Crippen LogP contribution < -0.4 is 5.32 Å². The summed E-state index contributed by atoms with van der Waals surface area (Å²) in [5.74, 6) is -1.79. The predicted molar refractivity (Wildman–Crippen MR) is 85.0 cm³/mol. The van der Waals surface area contributed by atoms with Crippen LogP contribution in [0.2, 0.25) is 0 Å². The van der Waals surface area contributed by atoms with Crippen LogP contribution in [-0.4, -0.2) is 54.3 Å². The summed E-state index contributed by atoms with van der Waals surface area (Å²) in [7, 11) is 2.60. The van der Waals surface area contributed by atoms with Crippen molar-refractivity contribution in [2.45, 2.75) is 6.92 Å². The average molecular weight is 331 g/mol. The molecule has 0 unspecified atom stereocenters. The molecular weight excluding hydrogens is 314 g/mol. The zero-order valence-electron chi connectivity index (χ0n) is 13.5. The molecule has 1 N–H and O–H groups in total. The third kappa shape index (κ3) is 3.27. The van der Waals surface area contributed by atoms with E-state index in [1.165, 1.54) is 20.3 Å². The lowest BCUT2D eigenvalue weighted by Gasteiger charge is -2.28. The first kappa shape index (κ1) is 17.2. The molecule has 0 atom stereocenters. The van der Waals surface area contributed by atoms with E-state index in [0.717, 1.165) is 9.80 Å². The summed E-state index contributed by atoms with van der Waals surface area (Å²) in [4.78, 5) is 49.0. The largest absolute Gasteiger partial charge is 0.462 e. The Bertz CT molecular complexity index is 698. The van der Waals surface area contributed by atoms with Crippen molar-refractivity contribution in [1.29, 1.82) is 0 Å². The number of nitrogens with zero attached hydrogens (tertiary/aromatic N) is 2. The quantitative estimate of drug-likeness (QED) is 0.506. The Kier molecular flexibility index (Phi) is 4.98. The molecule has 0 spiro atoms. The smallest absolute Gasteiger partial charge is 0.338 e. The maximum absolute atomic E-state index is 12.0. The third-order valence-corrected chi connectivity index (χ3v) is 3.42. The number of benzene rings is 1. The van der Waals surface area contributed by atoms with Gasteiger partial charge in [-0.3, -0.25) is 19.4 Å². The Morgan fingerprint density at radius 2 is 1.62 bits per heavy atom. The van der Waals surface area contributed by atoms with Gasteiger partial charge in [0.15, 0.2) is 0 Å². The lowest BCUT2D eigenvalue weighted by atomic mass is 10.1. The minimum Gasteiger partial charge on any atom is -0.462 e. The topological polar surface area (TPSA) is 96.0 Å².